The van der Waals surface area contributed by atoms with Crippen LogP contribution in [-0.4, -0.2) is 38.3 Å². The third-order valence-corrected chi connectivity index (χ3v) is 4.71. The van der Waals surface area contributed by atoms with E-state index in [1.807, 2.05) is 16.8 Å². The number of hydrogen-bond donors (Lipinski definition) is 0. The van der Waals surface area contributed by atoms with Gasteiger partial charge in [0.25, 0.3) is 0 Å². The first-order valence-corrected chi connectivity index (χ1v) is 7.39. The van der Waals surface area contributed by atoms with Crippen LogP contribution in [0.2, 0.25) is 0 Å². The third kappa shape index (κ3) is 1.80. The monoisotopic (exact) mass is 270 g/mol. The van der Waals surface area contributed by atoms with Crippen molar-refractivity contribution in [3.63, 3.8) is 0 Å². The predicted molar refractivity (Wildman–Crippen MR) is 74.3 cm³/mol. The summed E-state index contributed by atoms with van der Waals surface area (Å²) in [6.07, 6.45) is 9.96. The fourth-order valence-corrected chi connectivity index (χ4v) is 3.30. The van der Waals surface area contributed by atoms with Crippen molar-refractivity contribution < 1.29 is 4.79 Å². The molecule has 1 amide bonds. The molecule has 0 N–H and O–H groups in total. The van der Waals surface area contributed by atoms with E-state index in [1.54, 1.807) is 6.20 Å². The lowest BCUT2D eigenvalue weighted by molar-refractivity contribution is -0.137. The number of fused-ring (bicyclic) bond motifs is 1. The van der Waals surface area contributed by atoms with Crippen molar-refractivity contribution in [3.05, 3.63) is 30.4 Å². The number of imidazole rings is 1. The van der Waals surface area contributed by atoms with E-state index in [0.29, 0.717) is 17.7 Å². The highest BCUT2D eigenvalue weighted by Crippen LogP contribution is 2.33. The van der Waals surface area contributed by atoms with Gasteiger partial charge >= 0.3 is 0 Å². The maximum atomic E-state index is 12.3. The summed E-state index contributed by atoms with van der Waals surface area (Å²) in [4.78, 5) is 22.8. The van der Waals surface area contributed by atoms with Gasteiger partial charge in [0.15, 0.2) is 0 Å². The van der Waals surface area contributed by atoms with Crippen molar-refractivity contribution in [1.82, 2.24) is 19.3 Å². The topological polar surface area (TPSA) is 50.5 Å². The zero-order valence-corrected chi connectivity index (χ0v) is 11.4. The van der Waals surface area contributed by atoms with Crippen LogP contribution in [0.3, 0.4) is 0 Å². The summed E-state index contributed by atoms with van der Waals surface area (Å²) >= 11 is 0. The number of hydrogen-bond acceptors (Lipinski definition) is 3. The molecule has 1 aliphatic heterocycles. The Kier molecular flexibility index (Phi) is 2.72. The van der Waals surface area contributed by atoms with Gasteiger partial charge in [-0.05, 0) is 25.3 Å². The lowest BCUT2D eigenvalue weighted by Gasteiger charge is -2.29. The van der Waals surface area contributed by atoms with Crippen molar-refractivity contribution in [3.8, 4) is 0 Å². The van der Waals surface area contributed by atoms with Crippen molar-refractivity contribution >= 4 is 11.7 Å². The number of aromatic nitrogens is 3. The second kappa shape index (κ2) is 4.58. The van der Waals surface area contributed by atoms with Gasteiger partial charge in [0.05, 0.1) is 0 Å². The molecule has 0 bridgehead atoms. The molecular formula is C15H18N4O. The van der Waals surface area contributed by atoms with Crippen LogP contribution in [-0.2, 0) is 4.79 Å². The van der Waals surface area contributed by atoms with E-state index in [4.69, 9.17) is 0 Å². The van der Waals surface area contributed by atoms with E-state index >= 15 is 0 Å². The van der Waals surface area contributed by atoms with E-state index < -0.39 is 0 Å². The quantitative estimate of drug-likeness (QED) is 0.836. The van der Waals surface area contributed by atoms with Crippen LogP contribution >= 0.6 is 0 Å². The lowest BCUT2D eigenvalue weighted by atomic mass is 9.84. The van der Waals surface area contributed by atoms with Gasteiger partial charge in [-0.1, -0.05) is 6.42 Å². The Morgan fingerprint density at radius 3 is 2.85 bits per heavy atom. The van der Waals surface area contributed by atoms with Crippen LogP contribution < -0.4 is 0 Å². The van der Waals surface area contributed by atoms with Gasteiger partial charge in [-0.2, -0.15) is 0 Å². The highest BCUT2D eigenvalue weighted by Gasteiger charge is 2.34. The Morgan fingerprint density at radius 2 is 2.05 bits per heavy atom. The molecule has 5 heteroatoms. The second-order valence-corrected chi connectivity index (χ2v) is 5.86. The molecule has 0 unspecified atom stereocenters. The molecule has 1 saturated heterocycles. The van der Waals surface area contributed by atoms with Gasteiger partial charge < -0.3 is 4.90 Å². The number of likely N-dealkylation sites (tertiary alicyclic amines) is 1. The minimum atomic E-state index is 0.305. The molecular weight excluding hydrogens is 252 g/mol. The molecule has 0 aromatic carbocycles. The SMILES string of the molecule is O=C(C1CCC1)N1CC[C@H](c2ccnc3nccn23)C1. The number of nitrogens with zero attached hydrogens (tertiary/aromatic N) is 4. The summed E-state index contributed by atoms with van der Waals surface area (Å²) in [5.41, 5.74) is 1.22. The molecule has 2 aliphatic rings. The molecule has 2 aromatic heterocycles. The standard InChI is InChI=1S/C15H18N4O/c20-14(11-2-1-3-11)18-8-5-12(10-18)13-4-6-16-15-17-7-9-19(13)15/h4,6-7,9,11-12H,1-3,5,8,10H2/t12-/m0/s1. The average molecular weight is 270 g/mol. The smallest absolute Gasteiger partial charge is 0.233 e. The number of amides is 1. The van der Waals surface area contributed by atoms with Gasteiger partial charge in [-0.25, -0.2) is 9.97 Å². The third-order valence-electron chi connectivity index (χ3n) is 4.71. The van der Waals surface area contributed by atoms with Crippen molar-refractivity contribution in [2.24, 2.45) is 5.92 Å². The van der Waals surface area contributed by atoms with Gasteiger partial charge in [0.2, 0.25) is 11.7 Å². The Morgan fingerprint density at radius 1 is 1.20 bits per heavy atom. The molecule has 2 aromatic rings. The summed E-state index contributed by atoms with van der Waals surface area (Å²) < 4.78 is 2.04. The minimum absolute atomic E-state index is 0.305. The first-order valence-electron chi connectivity index (χ1n) is 7.39. The van der Waals surface area contributed by atoms with E-state index in [1.165, 1.54) is 12.1 Å². The van der Waals surface area contributed by atoms with Crippen molar-refractivity contribution in [2.45, 2.75) is 31.6 Å². The minimum Gasteiger partial charge on any atom is -0.342 e. The van der Waals surface area contributed by atoms with E-state index in [9.17, 15) is 4.79 Å². The normalized spacial score (nSPS) is 23.2. The molecule has 0 spiro atoms. The van der Waals surface area contributed by atoms with Crippen LogP contribution in [0.4, 0.5) is 0 Å². The van der Waals surface area contributed by atoms with E-state index in [0.717, 1.165) is 38.1 Å². The zero-order chi connectivity index (χ0) is 13.5. The van der Waals surface area contributed by atoms with Crippen LogP contribution in [0.5, 0.6) is 0 Å². The molecule has 4 rings (SSSR count). The fourth-order valence-electron chi connectivity index (χ4n) is 3.30. The Bertz CT molecular complexity index is 646. The number of carbonyl (C=O) groups is 1. The maximum absolute atomic E-state index is 12.3. The van der Waals surface area contributed by atoms with E-state index in [-0.39, 0.29) is 0 Å². The summed E-state index contributed by atoms with van der Waals surface area (Å²) in [6, 6.07) is 2.05. The fraction of sp³-hybridized carbons (Fsp3) is 0.533. The first-order chi connectivity index (χ1) is 9.83. The molecule has 104 valence electrons. The van der Waals surface area contributed by atoms with Gasteiger partial charge in [0.1, 0.15) is 0 Å². The zero-order valence-electron chi connectivity index (χ0n) is 11.4. The Labute approximate surface area is 117 Å². The van der Waals surface area contributed by atoms with Crippen molar-refractivity contribution in [1.29, 1.82) is 0 Å². The molecule has 5 nitrogen and oxygen atoms in total. The lowest BCUT2D eigenvalue weighted by Crippen LogP contribution is -2.37. The summed E-state index contributed by atoms with van der Waals surface area (Å²) in [5, 5.41) is 0. The summed E-state index contributed by atoms with van der Waals surface area (Å²) in [5.74, 6) is 1.82. The van der Waals surface area contributed by atoms with Gasteiger partial charge in [-0.3, -0.25) is 9.20 Å². The number of carbonyl (C=O) groups excluding carboxylic acids is 1. The molecule has 1 aliphatic carbocycles. The molecule has 0 radical (unpaired) electrons. The largest absolute Gasteiger partial charge is 0.342 e. The molecule has 1 atom stereocenters. The first kappa shape index (κ1) is 11.9. The summed E-state index contributed by atoms with van der Waals surface area (Å²) in [7, 11) is 0. The van der Waals surface area contributed by atoms with E-state index in [2.05, 4.69) is 20.9 Å². The molecule has 1 saturated carbocycles. The molecule has 20 heavy (non-hydrogen) atoms. The maximum Gasteiger partial charge on any atom is 0.233 e. The number of rotatable bonds is 2. The highest BCUT2D eigenvalue weighted by atomic mass is 16.2. The van der Waals surface area contributed by atoms with Crippen LogP contribution in [0, 0.1) is 5.92 Å². The second-order valence-electron chi connectivity index (χ2n) is 5.86. The van der Waals surface area contributed by atoms with Crippen molar-refractivity contribution in [2.75, 3.05) is 13.1 Å². The van der Waals surface area contributed by atoms with Crippen LogP contribution in [0.25, 0.3) is 5.78 Å². The Hall–Kier alpha value is -1.91. The average Bonchev–Trinajstić information content (AvgIpc) is 3.05. The predicted octanol–water partition coefficient (Wildman–Crippen LogP) is 1.85. The van der Waals surface area contributed by atoms with Crippen LogP contribution in [0.1, 0.15) is 37.3 Å². The van der Waals surface area contributed by atoms with Gasteiger partial charge in [-0.15, -0.1) is 0 Å². The molecule has 3 heterocycles. The molecule has 2 fully saturated rings. The van der Waals surface area contributed by atoms with Gasteiger partial charge in [0, 0.05) is 49.2 Å². The highest BCUT2D eigenvalue weighted by molar-refractivity contribution is 5.80. The summed E-state index contributed by atoms with van der Waals surface area (Å²) in [6.45, 7) is 1.73. The Balaban J connectivity index is 1.55. The van der Waals surface area contributed by atoms with Crippen LogP contribution in [0.15, 0.2) is 24.7 Å².